The van der Waals surface area contributed by atoms with Crippen molar-refractivity contribution < 1.29 is 18.7 Å². The van der Waals surface area contributed by atoms with E-state index in [9.17, 15) is 14.0 Å². The van der Waals surface area contributed by atoms with Gasteiger partial charge >= 0.3 is 0 Å². The first kappa shape index (κ1) is 23.7. The number of hydrogen-bond donors (Lipinski definition) is 0. The first-order chi connectivity index (χ1) is 15.9. The van der Waals surface area contributed by atoms with Gasteiger partial charge in [0.25, 0.3) is 5.91 Å². The number of hydrogen-bond acceptors (Lipinski definition) is 4. The quantitative estimate of drug-likeness (QED) is 0.607. The number of piperazine rings is 1. The van der Waals surface area contributed by atoms with E-state index in [1.54, 1.807) is 4.90 Å². The molecule has 176 valence electrons. The molecule has 33 heavy (non-hydrogen) atoms. The molecule has 4 rings (SSSR count). The number of piperidine rings is 1. The summed E-state index contributed by atoms with van der Waals surface area (Å²) in [5.41, 5.74) is 0.451. The Balaban J connectivity index is 1.48. The molecule has 2 aliphatic rings. The maximum Gasteiger partial charge on any atom is 0.253 e. The van der Waals surface area contributed by atoms with Crippen molar-refractivity contribution in [2.24, 2.45) is 5.92 Å². The van der Waals surface area contributed by atoms with Crippen LogP contribution in [-0.2, 0) is 4.79 Å². The second-order valence-electron chi connectivity index (χ2n) is 8.81. The summed E-state index contributed by atoms with van der Waals surface area (Å²) < 4.78 is 20.5. The second-order valence-corrected chi connectivity index (χ2v) is 9.72. The van der Waals surface area contributed by atoms with Gasteiger partial charge in [-0.05, 0) is 49.5 Å². The molecule has 2 fully saturated rings. The normalized spacial score (nSPS) is 21.7. The highest BCUT2D eigenvalue weighted by atomic mass is 79.9. The number of carbonyl (C=O) groups is 2. The molecule has 0 bridgehead atoms. The smallest absolute Gasteiger partial charge is 0.253 e. The molecule has 0 spiro atoms. The van der Waals surface area contributed by atoms with Crippen molar-refractivity contribution in [3.8, 4) is 5.75 Å². The van der Waals surface area contributed by atoms with Gasteiger partial charge in [0.05, 0.1) is 0 Å². The van der Waals surface area contributed by atoms with E-state index < -0.39 is 0 Å². The number of nitrogens with zero attached hydrogens (tertiary/aromatic N) is 3. The van der Waals surface area contributed by atoms with Crippen LogP contribution in [0.3, 0.4) is 0 Å². The van der Waals surface area contributed by atoms with Crippen molar-refractivity contribution in [1.29, 1.82) is 0 Å². The van der Waals surface area contributed by atoms with Crippen molar-refractivity contribution in [1.82, 2.24) is 14.7 Å². The Kier molecular flexibility index (Phi) is 7.65. The van der Waals surface area contributed by atoms with Crippen LogP contribution in [0.5, 0.6) is 5.75 Å². The van der Waals surface area contributed by atoms with E-state index in [-0.39, 0.29) is 29.7 Å². The molecular formula is C25H29BrFN3O3. The third-order valence-corrected chi connectivity index (χ3v) is 6.91. The highest BCUT2D eigenvalue weighted by molar-refractivity contribution is 9.10. The lowest BCUT2D eigenvalue weighted by Gasteiger charge is -2.40. The predicted octanol–water partition coefficient (Wildman–Crippen LogP) is 3.66. The molecule has 0 unspecified atom stereocenters. The van der Waals surface area contributed by atoms with Gasteiger partial charge in [-0.25, -0.2) is 4.39 Å². The Bertz CT molecular complexity index is 979. The topological polar surface area (TPSA) is 53.1 Å². The summed E-state index contributed by atoms with van der Waals surface area (Å²) in [7, 11) is 2.06. The molecule has 6 nitrogen and oxygen atoms in total. The molecule has 2 atom stereocenters. The Morgan fingerprint density at radius 1 is 1.03 bits per heavy atom. The van der Waals surface area contributed by atoms with Crippen molar-refractivity contribution in [3.05, 3.63) is 64.4 Å². The largest absolute Gasteiger partial charge is 0.490 e. The summed E-state index contributed by atoms with van der Waals surface area (Å²) in [6, 6.07) is 13.3. The molecule has 2 aromatic carbocycles. The average Bonchev–Trinajstić information content (AvgIpc) is 2.80. The second kappa shape index (κ2) is 10.7. The highest BCUT2D eigenvalue weighted by Crippen LogP contribution is 2.28. The Labute approximate surface area is 202 Å². The molecule has 0 aliphatic carbocycles. The van der Waals surface area contributed by atoms with E-state index in [0.717, 1.165) is 36.4 Å². The minimum absolute atomic E-state index is 0.104. The van der Waals surface area contributed by atoms with Crippen LogP contribution in [0, 0.1) is 11.7 Å². The van der Waals surface area contributed by atoms with Crippen LogP contribution >= 0.6 is 15.9 Å². The number of benzene rings is 2. The van der Waals surface area contributed by atoms with Crippen molar-refractivity contribution >= 4 is 27.7 Å². The van der Waals surface area contributed by atoms with Gasteiger partial charge in [-0.1, -0.05) is 22.0 Å². The van der Waals surface area contributed by atoms with Crippen LogP contribution in [0.1, 0.15) is 23.2 Å². The monoisotopic (exact) mass is 517 g/mol. The fourth-order valence-electron chi connectivity index (χ4n) is 4.45. The molecule has 0 saturated carbocycles. The SMILES string of the molecule is CN1CCN(C(=O)C[C@H]2CN(C(=O)c3ccc(F)cc3)CC[C@@H]2Oc2cccc(Br)c2)CC1. The number of halogens is 2. The summed E-state index contributed by atoms with van der Waals surface area (Å²) in [5.74, 6) is 0.197. The Morgan fingerprint density at radius 3 is 2.45 bits per heavy atom. The van der Waals surface area contributed by atoms with Gasteiger partial charge in [0.2, 0.25) is 5.91 Å². The van der Waals surface area contributed by atoms with Crippen LogP contribution in [0.25, 0.3) is 0 Å². The zero-order valence-corrected chi connectivity index (χ0v) is 20.3. The number of amides is 2. The van der Waals surface area contributed by atoms with Gasteiger partial charge in [0.15, 0.2) is 0 Å². The van der Waals surface area contributed by atoms with E-state index in [1.165, 1.54) is 24.3 Å². The maximum atomic E-state index is 13.3. The molecule has 2 aliphatic heterocycles. The standard InChI is InChI=1S/C25H29BrFN3O3/c1-28-11-13-29(14-12-28)24(31)15-19-17-30(25(32)18-5-7-21(27)8-6-18)10-9-23(19)33-22-4-2-3-20(26)16-22/h2-8,16,19,23H,9-15,17H2,1H3/t19-,23-/m0/s1. The van der Waals surface area contributed by atoms with Crippen molar-refractivity contribution in [2.45, 2.75) is 18.9 Å². The van der Waals surface area contributed by atoms with Crippen molar-refractivity contribution in [2.75, 3.05) is 46.3 Å². The maximum absolute atomic E-state index is 13.3. The van der Waals surface area contributed by atoms with E-state index in [1.807, 2.05) is 29.2 Å². The van der Waals surface area contributed by atoms with Gasteiger partial charge in [0, 0.05) is 68.1 Å². The lowest BCUT2D eigenvalue weighted by molar-refractivity contribution is -0.135. The van der Waals surface area contributed by atoms with E-state index in [2.05, 4.69) is 27.9 Å². The summed E-state index contributed by atoms with van der Waals surface area (Å²) in [4.78, 5) is 32.0. The van der Waals surface area contributed by atoms with Crippen LogP contribution in [-0.4, -0.2) is 78.9 Å². The Morgan fingerprint density at radius 2 is 1.76 bits per heavy atom. The number of likely N-dealkylation sites (N-methyl/N-ethyl adjacent to an activating group) is 1. The molecule has 0 aromatic heterocycles. The molecule has 2 aromatic rings. The average molecular weight is 518 g/mol. The lowest BCUT2D eigenvalue weighted by Crippen LogP contribution is -2.51. The summed E-state index contributed by atoms with van der Waals surface area (Å²) in [5, 5.41) is 0. The van der Waals surface area contributed by atoms with Gasteiger partial charge in [0.1, 0.15) is 17.7 Å². The first-order valence-electron chi connectivity index (χ1n) is 11.3. The van der Waals surface area contributed by atoms with E-state index in [4.69, 9.17) is 4.74 Å². The minimum Gasteiger partial charge on any atom is -0.490 e. The van der Waals surface area contributed by atoms with E-state index in [0.29, 0.717) is 31.5 Å². The van der Waals surface area contributed by atoms with Crippen LogP contribution in [0.4, 0.5) is 4.39 Å². The number of carbonyl (C=O) groups excluding carboxylic acids is 2. The van der Waals surface area contributed by atoms with Crippen molar-refractivity contribution in [3.63, 3.8) is 0 Å². The highest BCUT2D eigenvalue weighted by Gasteiger charge is 2.36. The van der Waals surface area contributed by atoms with Gasteiger partial charge in [-0.3, -0.25) is 9.59 Å². The van der Waals surface area contributed by atoms with Gasteiger partial charge < -0.3 is 19.4 Å². The van der Waals surface area contributed by atoms with Gasteiger partial charge in [-0.2, -0.15) is 0 Å². The molecule has 0 radical (unpaired) electrons. The molecule has 2 saturated heterocycles. The number of likely N-dealkylation sites (tertiary alicyclic amines) is 1. The molecule has 0 N–H and O–H groups in total. The third kappa shape index (κ3) is 6.12. The number of rotatable bonds is 5. The fraction of sp³-hybridized carbons (Fsp3) is 0.440. The summed E-state index contributed by atoms with van der Waals surface area (Å²) in [6.45, 7) is 4.12. The molecular weight excluding hydrogens is 489 g/mol. The Hall–Kier alpha value is -2.45. The predicted molar refractivity (Wildman–Crippen MR) is 128 cm³/mol. The minimum atomic E-state index is -0.372. The zero-order chi connectivity index (χ0) is 23.4. The number of ether oxygens (including phenoxy) is 1. The molecule has 2 amide bonds. The summed E-state index contributed by atoms with van der Waals surface area (Å²) >= 11 is 3.47. The fourth-order valence-corrected chi connectivity index (χ4v) is 4.82. The van der Waals surface area contributed by atoms with Crippen LogP contribution in [0.2, 0.25) is 0 Å². The zero-order valence-electron chi connectivity index (χ0n) is 18.8. The van der Waals surface area contributed by atoms with Crippen LogP contribution < -0.4 is 4.74 Å². The third-order valence-electron chi connectivity index (χ3n) is 6.42. The first-order valence-corrected chi connectivity index (χ1v) is 12.1. The lowest BCUT2D eigenvalue weighted by atomic mass is 9.90. The molecule has 8 heteroatoms. The van der Waals surface area contributed by atoms with Gasteiger partial charge in [-0.15, -0.1) is 0 Å². The van der Waals surface area contributed by atoms with Crippen LogP contribution in [0.15, 0.2) is 53.0 Å². The van der Waals surface area contributed by atoms with E-state index >= 15 is 0 Å². The molecule has 2 heterocycles. The summed E-state index contributed by atoms with van der Waals surface area (Å²) in [6.07, 6.45) is 0.781.